The van der Waals surface area contributed by atoms with Gasteiger partial charge in [0.05, 0.1) is 12.1 Å². The molecule has 5 heteroatoms. The predicted molar refractivity (Wildman–Crippen MR) is 83.3 cm³/mol. The van der Waals surface area contributed by atoms with E-state index in [1.807, 2.05) is 6.92 Å². The van der Waals surface area contributed by atoms with Crippen molar-refractivity contribution in [3.63, 3.8) is 0 Å². The third-order valence-electron chi connectivity index (χ3n) is 3.02. The lowest BCUT2D eigenvalue weighted by atomic mass is 10.2. The zero-order valence-electron chi connectivity index (χ0n) is 11.8. The average molecular weight is 289 g/mol. The Kier molecular flexibility index (Phi) is 5.12. The summed E-state index contributed by atoms with van der Waals surface area (Å²) in [7, 11) is 0. The van der Waals surface area contributed by atoms with Crippen molar-refractivity contribution in [2.75, 3.05) is 11.9 Å². The second kappa shape index (κ2) is 7.05. The fourth-order valence-electron chi connectivity index (χ4n) is 1.99. The number of pyridine rings is 1. The van der Waals surface area contributed by atoms with Crippen molar-refractivity contribution in [2.45, 2.75) is 26.8 Å². The van der Waals surface area contributed by atoms with Crippen molar-refractivity contribution < 1.29 is 4.79 Å². The molecule has 0 aromatic carbocycles. The number of hydrogen-bond donors (Lipinski definition) is 2. The lowest BCUT2D eigenvalue weighted by Crippen LogP contribution is -2.24. The number of anilines is 1. The fraction of sp³-hybridized carbons (Fsp3) is 0.333. The van der Waals surface area contributed by atoms with Crippen LogP contribution in [0.5, 0.6) is 0 Å². The van der Waals surface area contributed by atoms with Gasteiger partial charge in [-0.25, -0.2) is 4.98 Å². The van der Waals surface area contributed by atoms with E-state index >= 15 is 0 Å². The van der Waals surface area contributed by atoms with Gasteiger partial charge in [0.15, 0.2) is 0 Å². The number of rotatable bonds is 6. The molecule has 0 aliphatic rings. The smallest absolute Gasteiger partial charge is 0.255 e. The van der Waals surface area contributed by atoms with Gasteiger partial charge in [-0.15, -0.1) is 11.3 Å². The summed E-state index contributed by atoms with van der Waals surface area (Å²) in [6.45, 7) is 5.41. The quantitative estimate of drug-likeness (QED) is 0.859. The summed E-state index contributed by atoms with van der Waals surface area (Å²) < 4.78 is 0. The van der Waals surface area contributed by atoms with Crippen molar-refractivity contribution in [3.8, 4) is 0 Å². The van der Waals surface area contributed by atoms with Crippen molar-refractivity contribution >= 4 is 23.1 Å². The fourth-order valence-corrected chi connectivity index (χ4v) is 2.91. The molecule has 2 heterocycles. The number of amides is 1. The van der Waals surface area contributed by atoms with Crippen LogP contribution in [0.25, 0.3) is 0 Å². The van der Waals surface area contributed by atoms with Crippen LogP contribution in [0.4, 0.5) is 5.82 Å². The van der Waals surface area contributed by atoms with E-state index in [1.165, 1.54) is 10.4 Å². The maximum atomic E-state index is 12.2. The molecule has 0 atom stereocenters. The lowest BCUT2D eigenvalue weighted by Gasteiger charge is -2.10. The Morgan fingerprint density at radius 3 is 2.95 bits per heavy atom. The molecule has 2 rings (SSSR count). The normalized spacial score (nSPS) is 10.3. The van der Waals surface area contributed by atoms with Crippen molar-refractivity contribution in [3.05, 3.63) is 45.8 Å². The largest absolute Gasteiger partial charge is 0.370 e. The molecule has 2 aromatic rings. The van der Waals surface area contributed by atoms with Gasteiger partial charge in [0.25, 0.3) is 5.91 Å². The van der Waals surface area contributed by atoms with E-state index in [0.29, 0.717) is 17.9 Å². The van der Waals surface area contributed by atoms with Crippen molar-refractivity contribution in [2.24, 2.45) is 0 Å². The van der Waals surface area contributed by atoms with Crippen LogP contribution in [0.2, 0.25) is 0 Å². The van der Waals surface area contributed by atoms with Crippen LogP contribution in [0.1, 0.15) is 34.6 Å². The van der Waals surface area contributed by atoms with Crippen LogP contribution in [0.3, 0.4) is 0 Å². The van der Waals surface area contributed by atoms with Gasteiger partial charge in [-0.1, -0.05) is 6.92 Å². The van der Waals surface area contributed by atoms with Gasteiger partial charge in [-0.05, 0) is 42.5 Å². The maximum absolute atomic E-state index is 12.2. The SMILES string of the molecule is CCNc1ncccc1C(=O)NCc1sccc1CC. The molecule has 0 radical (unpaired) electrons. The minimum Gasteiger partial charge on any atom is -0.370 e. The Morgan fingerprint density at radius 1 is 1.35 bits per heavy atom. The zero-order valence-corrected chi connectivity index (χ0v) is 12.6. The number of carbonyl (C=O) groups is 1. The molecule has 106 valence electrons. The molecule has 0 saturated heterocycles. The van der Waals surface area contributed by atoms with Crippen LogP contribution >= 0.6 is 11.3 Å². The molecule has 2 N–H and O–H groups in total. The van der Waals surface area contributed by atoms with Crippen LogP contribution in [0.15, 0.2) is 29.8 Å². The maximum Gasteiger partial charge on any atom is 0.255 e. The third kappa shape index (κ3) is 3.36. The predicted octanol–water partition coefficient (Wildman–Crippen LogP) is 3.07. The molecule has 0 fully saturated rings. The second-order valence-electron chi connectivity index (χ2n) is 4.34. The standard InChI is InChI=1S/C15H19N3OS/c1-3-11-7-9-20-13(11)10-18-15(19)12-6-5-8-17-14(12)16-4-2/h5-9H,3-4,10H2,1-2H3,(H,16,17)(H,18,19). The van der Waals surface area contributed by atoms with Gasteiger partial charge >= 0.3 is 0 Å². The number of aromatic nitrogens is 1. The van der Waals surface area contributed by atoms with Crippen molar-refractivity contribution in [1.29, 1.82) is 0 Å². The third-order valence-corrected chi connectivity index (χ3v) is 3.99. The van der Waals surface area contributed by atoms with E-state index in [4.69, 9.17) is 0 Å². The summed E-state index contributed by atoms with van der Waals surface area (Å²) in [5, 5.41) is 8.13. The number of nitrogens with one attached hydrogen (secondary N) is 2. The van der Waals surface area contributed by atoms with Gasteiger partial charge in [0.1, 0.15) is 5.82 Å². The molecule has 0 spiro atoms. The van der Waals surface area contributed by atoms with Gasteiger partial charge in [-0.3, -0.25) is 4.79 Å². The highest BCUT2D eigenvalue weighted by molar-refractivity contribution is 7.10. The first-order valence-electron chi connectivity index (χ1n) is 6.78. The molecule has 4 nitrogen and oxygen atoms in total. The lowest BCUT2D eigenvalue weighted by molar-refractivity contribution is 0.0952. The van der Waals surface area contributed by atoms with E-state index in [-0.39, 0.29) is 5.91 Å². The summed E-state index contributed by atoms with van der Waals surface area (Å²) in [4.78, 5) is 17.7. The minimum atomic E-state index is -0.0931. The summed E-state index contributed by atoms with van der Waals surface area (Å²) in [5.74, 6) is 0.541. The van der Waals surface area contributed by atoms with E-state index in [0.717, 1.165) is 13.0 Å². The monoisotopic (exact) mass is 289 g/mol. The molecular formula is C15H19N3OS. The zero-order chi connectivity index (χ0) is 14.4. The molecule has 0 aliphatic carbocycles. The van der Waals surface area contributed by atoms with E-state index < -0.39 is 0 Å². The van der Waals surface area contributed by atoms with Gasteiger partial charge in [0.2, 0.25) is 0 Å². The highest BCUT2D eigenvalue weighted by atomic mass is 32.1. The molecule has 1 amide bonds. The van der Waals surface area contributed by atoms with Gasteiger partial charge in [0, 0.05) is 17.6 Å². The second-order valence-corrected chi connectivity index (χ2v) is 5.34. The average Bonchev–Trinajstić information content (AvgIpc) is 2.93. The first-order chi connectivity index (χ1) is 9.76. The number of nitrogens with zero attached hydrogens (tertiary/aromatic N) is 1. The molecule has 2 aromatic heterocycles. The minimum absolute atomic E-state index is 0.0931. The van der Waals surface area contributed by atoms with E-state index in [2.05, 4.69) is 34.0 Å². The molecule has 20 heavy (non-hydrogen) atoms. The van der Waals surface area contributed by atoms with E-state index in [9.17, 15) is 4.79 Å². The molecule has 0 aliphatic heterocycles. The Hall–Kier alpha value is -1.88. The van der Waals surface area contributed by atoms with Gasteiger partial charge < -0.3 is 10.6 Å². The molecular weight excluding hydrogens is 270 g/mol. The van der Waals surface area contributed by atoms with Crippen LogP contribution in [0, 0.1) is 0 Å². The highest BCUT2D eigenvalue weighted by Gasteiger charge is 2.12. The highest BCUT2D eigenvalue weighted by Crippen LogP contribution is 2.17. The summed E-state index contributed by atoms with van der Waals surface area (Å²) in [6, 6.07) is 5.67. The number of carbonyl (C=O) groups excluding carboxylic acids is 1. The Bertz CT molecular complexity index is 580. The van der Waals surface area contributed by atoms with Crippen LogP contribution in [-0.4, -0.2) is 17.4 Å². The van der Waals surface area contributed by atoms with E-state index in [1.54, 1.807) is 29.7 Å². The number of aryl methyl sites for hydroxylation is 1. The summed E-state index contributed by atoms with van der Waals surface area (Å²) >= 11 is 1.68. The topological polar surface area (TPSA) is 54.0 Å². The Balaban J connectivity index is 2.05. The first-order valence-corrected chi connectivity index (χ1v) is 7.66. The van der Waals surface area contributed by atoms with Gasteiger partial charge in [-0.2, -0.15) is 0 Å². The summed E-state index contributed by atoms with van der Waals surface area (Å²) in [6.07, 6.45) is 2.67. The number of hydrogen-bond acceptors (Lipinski definition) is 4. The number of thiophene rings is 1. The summed E-state index contributed by atoms with van der Waals surface area (Å²) in [5.41, 5.74) is 1.89. The Labute approximate surface area is 123 Å². The first kappa shape index (κ1) is 14.5. The van der Waals surface area contributed by atoms with Crippen LogP contribution in [-0.2, 0) is 13.0 Å². The molecule has 0 unspecified atom stereocenters. The molecule has 0 saturated carbocycles. The Morgan fingerprint density at radius 2 is 2.20 bits per heavy atom. The van der Waals surface area contributed by atoms with Crippen molar-refractivity contribution in [1.82, 2.24) is 10.3 Å². The van der Waals surface area contributed by atoms with Crippen LogP contribution < -0.4 is 10.6 Å². The molecule has 0 bridgehead atoms.